The Morgan fingerprint density at radius 2 is 1.95 bits per heavy atom. The van der Waals surface area contributed by atoms with Gasteiger partial charge in [-0.25, -0.2) is 0 Å². The molecule has 0 unspecified atom stereocenters. The van der Waals surface area contributed by atoms with E-state index in [1.54, 1.807) is 0 Å². The number of nitrogens with zero attached hydrogens (tertiary/aromatic N) is 1. The van der Waals surface area contributed by atoms with Crippen LogP contribution in [-0.4, -0.2) is 31.7 Å². The molecule has 4 heteroatoms. The maximum absolute atomic E-state index is 5.68. The van der Waals surface area contributed by atoms with E-state index in [1.165, 1.54) is 37.7 Å². The van der Waals surface area contributed by atoms with Gasteiger partial charge < -0.3 is 15.4 Å². The highest BCUT2D eigenvalue weighted by Gasteiger charge is 2.14. The number of hydrogen-bond acceptors (Lipinski definition) is 2. The molecule has 4 nitrogen and oxygen atoms in total. The Kier molecular flexibility index (Phi) is 7.81. The average molecular weight is 303 g/mol. The average Bonchev–Trinajstić information content (AvgIpc) is 2.56. The lowest BCUT2D eigenvalue weighted by molar-refractivity contribution is 0.128. The van der Waals surface area contributed by atoms with Crippen LogP contribution in [0.1, 0.15) is 44.6 Å². The molecule has 0 saturated heterocycles. The van der Waals surface area contributed by atoms with E-state index >= 15 is 0 Å². The van der Waals surface area contributed by atoms with Gasteiger partial charge in [0.25, 0.3) is 0 Å². The third kappa shape index (κ3) is 6.48. The van der Waals surface area contributed by atoms with Crippen LogP contribution in [0.4, 0.5) is 0 Å². The fraction of sp³-hybridized carbons (Fsp3) is 0.611. The summed E-state index contributed by atoms with van der Waals surface area (Å²) in [5.74, 6) is 0.928. The third-order valence-electron chi connectivity index (χ3n) is 3.91. The van der Waals surface area contributed by atoms with Crippen molar-refractivity contribution in [2.75, 3.05) is 19.7 Å². The lowest BCUT2D eigenvalue weighted by atomic mass is 9.96. The number of benzene rings is 1. The zero-order chi connectivity index (χ0) is 15.5. The van der Waals surface area contributed by atoms with Gasteiger partial charge in [-0.2, -0.15) is 0 Å². The van der Waals surface area contributed by atoms with Gasteiger partial charge in [-0.05, 0) is 25.3 Å². The monoisotopic (exact) mass is 303 g/mol. The van der Waals surface area contributed by atoms with Crippen LogP contribution in [0.5, 0.6) is 0 Å². The summed E-state index contributed by atoms with van der Waals surface area (Å²) < 4.78 is 5.68. The summed E-state index contributed by atoms with van der Waals surface area (Å²) in [6, 6.07) is 10.8. The highest BCUT2D eigenvalue weighted by molar-refractivity contribution is 5.80. The van der Waals surface area contributed by atoms with E-state index < -0.39 is 0 Å². The molecule has 0 bridgehead atoms. The third-order valence-corrected chi connectivity index (χ3v) is 3.91. The van der Waals surface area contributed by atoms with Crippen molar-refractivity contribution in [3.8, 4) is 0 Å². The molecule has 1 aromatic carbocycles. The Bertz CT molecular complexity index is 427. The van der Waals surface area contributed by atoms with Crippen LogP contribution >= 0.6 is 0 Å². The molecule has 0 aliphatic heterocycles. The molecule has 122 valence electrons. The van der Waals surface area contributed by atoms with Crippen molar-refractivity contribution in [3.05, 3.63) is 35.9 Å². The van der Waals surface area contributed by atoms with Crippen molar-refractivity contribution in [1.82, 2.24) is 10.6 Å². The molecule has 0 atom stereocenters. The molecular formula is C18H29N3O. The smallest absolute Gasteiger partial charge is 0.191 e. The first-order valence-corrected chi connectivity index (χ1v) is 8.55. The maximum Gasteiger partial charge on any atom is 0.191 e. The summed E-state index contributed by atoms with van der Waals surface area (Å²) in [6.07, 6.45) is 6.55. The zero-order valence-electron chi connectivity index (χ0n) is 13.7. The SMILES string of the molecule is CCNC(=NCCOCc1ccccc1)NC1CCCCC1. The molecular weight excluding hydrogens is 274 g/mol. The summed E-state index contributed by atoms with van der Waals surface area (Å²) in [4.78, 5) is 4.61. The second-order valence-corrected chi connectivity index (χ2v) is 5.78. The van der Waals surface area contributed by atoms with E-state index in [2.05, 4.69) is 34.7 Å². The number of aliphatic imine (C=N–C) groups is 1. The molecule has 1 aliphatic carbocycles. The molecule has 1 fully saturated rings. The Morgan fingerprint density at radius 1 is 1.18 bits per heavy atom. The van der Waals surface area contributed by atoms with Gasteiger partial charge in [-0.3, -0.25) is 4.99 Å². The van der Waals surface area contributed by atoms with E-state index in [0.29, 0.717) is 25.8 Å². The Labute approximate surface area is 134 Å². The summed E-state index contributed by atoms with van der Waals surface area (Å²) in [6.45, 7) is 4.99. The second-order valence-electron chi connectivity index (χ2n) is 5.78. The minimum atomic E-state index is 0.580. The standard InChI is InChI=1S/C18H29N3O/c1-2-19-18(21-17-11-7-4-8-12-17)20-13-14-22-15-16-9-5-3-6-10-16/h3,5-6,9-10,17H,2,4,7-8,11-15H2,1H3,(H2,19,20,21). The zero-order valence-corrected chi connectivity index (χ0v) is 13.7. The van der Waals surface area contributed by atoms with Gasteiger partial charge in [0.15, 0.2) is 5.96 Å². The molecule has 1 saturated carbocycles. The molecule has 22 heavy (non-hydrogen) atoms. The number of rotatable bonds is 7. The van der Waals surface area contributed by atoms with Gasteiger partial charge in [0.05, 0.1) is 19.8 Å². The van der Waals surface area contributed by atoms with Crippen LogP contribution in [-0.2, 0) is 11.3 Å². The first-order chi connectivity index (χ1) is 10.9. The number of ether oxygens (including phenoxy) is 1. The number of hydrogen-bond donors (Lipinski definition) is 2. The first-order valence-electron chi connectivity index (χ1n) is 8.55. The van der Waals surface area contributed by atoms with Crippen molar-refractivity contribution in [1.29, 1.82) is 0 Å². The van der Waals surface area contributed by atoms with Crippen molar-refractivity contribution < 1.29 is 4.74 Å². The molecule has 0 aromatic heterocycles. The van der Waals surface area contributed by atoms with Crippen LogP contribution in [0, 0.1) is 0 Å². The lowest BCUT2D eigenvalue weighted by Gasteiger charge is -2.24. The number of nitrogens with one attached hydrogen (secondary N) is 2. The van der Waals surface area contributed by atoms with Crippen LogP contribution in [0.15, 0.2) is 35.3 Å². The van der Waals surface area contributed by atoms with Gasteiger partial charge in [0.2, 0.25) is 0 Å². The summed E-state index contributed by atoms with van der Waals surface area (Å²) in [5, 5.41) is 6.87. The Morgan fingerprint density at radius 3 is 2.68 bits per heavy atom. The minimum absolute atomic E-state index is 0.580. The molecule has 0 amide bonds. The Balaban J connectivity index is 1.68. The fourth-order valence-corrected chi connectivity index (χ4v) is 2.75. The van der Waals surface area contributed by atoms with Gasteiger partial charge in [0.1, 0.15) is 0 Å². The molecule has 0 radical (unpaired) electrons. The van der Waals surface area contributed by atoms with E-state index in [9.17, 15) is 0 Å². The molecule has 1 aromatic rings. The quantitative estimate of drug-likeness (QED) is 0.462. The van der Waals surface area contributed by atoms with Gasteiger partial charge in [0, 0.05) is 12.6 Å². The summed E-state index contributed by atoms with van der Waals surface area (Å²) >= 11 is 0. The first kappa shape index (κ1) is 16.8. The van der Waals surface area contributed by atoms with Crippen LogP contribution in [0.3, 0.4) is 0 Å². The predicted molar refractivity (Wildman–Crippen MR) is 92.1 cm³/mol. The topological polar surface area (TPSA) is 45.7 Å². The van der Waals surface area contributed by atoms with Crippen molar-refractivity contribution in [2.45, 2.75) is 51.7 Å². The molecule has 2 rings (SSSR count). The molecule has 0 spiro atoms. The van der Waals surface area contributed by atoms with Crippen molar-refractivity contribution >= 4 is 5.96 Å². The highest BCUT2D eigenvalue weighted by Crippen LogP contribution is 2.17. The molecule has 0 heterocycles. The second kappa shape index (κ2) is 10.2. The van der Waals surface area contributed by atoms with E-state index in [1.807, 2.05) is 18.2 Å². The molecule has 2 N–H and O–H groups in total. The van der Waals surface area contributed by atoms with E-state index in [4.69, 9.17) is 4.74 Å². The predicted octanol–water partition coefficient (Wildman–Crippen LogP) is 3.09. The van der Waals surface area contributed by atoms with E-state index in [0.717, 1.165) is 12.5 Å². The summed E-state index contributed by atoms with van der Waals surface area (Å²) in [5.41, 5.74) is 1.21. The van der Waals surface area contributed by atoms with E-state index in [-0.39, 0.29) is 0 Å². The lowest BCUT2D eigenvalue weighted by Crippen LogP contribution is -2.44. The van der Waals surface area contributed by atoms with Gasteiger partial charge in [-0.1, -0.05) is 49.6 Å². The van der Waals surface area contributed by atoms with Gasteiger partial charge in [-0.15, -0.1) is 0 Å². The van der Waals surface area contributed by atoms with Crippen LogP contribution in [0.2, 0.25) is 0 Å². The van der Waals surface area contributed by atoms with Crippen LogP contribution < -0.4 is 10.6 Å². The summed E-state index contributed by atoms with van der Waals surface area (Å²) in [7, 11) is 0. The van der Waals surface area contributed by atoms with Crippen LogP contribution in [0.25, 0.3) is 0 Å². The van der Waals surface area contributed by atoms with Crippen molar-refractivity contribution in [3.63, 3.8) is 0 Å². The highest BCUT2D eigenvalue weighted by atomic mass is 16.5. The van der Waals surface area contributed by atoms with Crippen molar-refractivity contribution in [2.24, 2.45) is 4.99 Å². The Hall–Kier alpha value is -1.55. The minimum Gasteiger partial charge on any atom is -0.375 e. The number of guanidine groups is 1. The normalized spacial score (nSPS) is 16.5. The van der Waals surface area contributed by atoms with Gasteiger partial charge >= 0.3 is 0 Å². The fourth-order valence-electron chi connectivity index (χ4n) is 2.75. The molecule has 1 aliphatic rings. The maximum atomic E-state index is 5.68. The largest absolute Gasteiger partial charge is 0.375 e.